The maximum absolute atomic E-state index is 8.53. The van der Waals surface area contributed by atoms with Gasteiger partial charge in [0, 0.05) is 6.54 Å². The normalized spacial score (nSPS) is 18.8. The van der Waals surface area contributed by atoms with Crippen molar-refractivity contribution in [1.29, 1.82) is 0 Å². The maximum atomic E-state index is 8.53. The van der Waals surface area contributed by atoms with E-state index in [1.807, 2.05) is 0 Å². The number of halogens is 1. The van der Waals surface area contributed by atoms with E-state index in [-0.39, 0.29) is 19.0 Å². The SMILES string of the molecule is Cl.OCCNCC1CCCCC1. The average Bonchev–Trinajstić information content (AvgIpc) is 2.07. The van der Waals surface area contributed by atoms with E-state index in [4.69, 9.17) is 5.11 Å². The van der Waals surface area contributed by atoms with Gasteiger partial charge < -0.3 is 10.4 Å². The molecule has 0 spiro atoms. The summed E-state index contributed by atoms with van der Waals surface area (Å²) < 4.78 is 0. The molecule has 2 N–H and O–H groups in total. The van der Waals surface area contributed by atoms with E-state index >= 15 is 0 Å². The summed E-state index contributed by atoms with van der Waals surface area (Å²) in [6.45, 7) is 2.14. The molecule has 0 bridgehead atoms. The molecule has 0 amide bonds. The van der Waals surface area contributed by atoms with Crippen LogP contribution in [0.4, 0.5) is 0 Å². The molecule has 0 aromatic rings. The van der Waals surface area contributed by atoms with Crippen molar-refractivity contribution in [1.82, 2.24) is 5.32 Å². The zero-order chi connectivity index (χ0) is 7.94. The Kier molecular flexibility index (Phi) is 7.98. The molecule has 3 heteroatoms. The molecule has 1 aliphatic rings. The Labute approximate surface area is 81.2 Å². The molecule has 12 heavy (non-hydrogen) atoms. The van der Waals surface area contributed by atoms with E-state index in [9.17, 15) is 0 Å². The fourth-order valence-corrected chi connectivity index (χ4v) is 1.78. The lowest BCUT2D eigenvalue weighted by Gasteiger charge is -2.21. The zero-order valence-electron chi connectivity index (χ0n) is 7.59. The molecule has 0 aromatic heterocycles. The number of hydrogen-bond donors (Lipinski definition) is 2. The van der Waals surface area contributed by atoms with Crippen LogP contribution in [0.15, 0.2) is 0 Å². The first-order valence-corrected chi connectivity index (χ1v) is 4.75. The van der Waals surface area contributed by atoms with Gasteiger partial charge in [0.1, 0.15) is 0 Å². The molecule has 1 saturated carbocycles. The van der Waals surface area contributed by atoms with Crippen LogP contribution in [0.5, 0.6) is 0 Å². The van der Waals surface area contributed by atoms with Gasteiger partial charge in [-0.1, -0.05) is 19.3 Å². The van der Waals surface area contributed by atoms with Crippen molar-refractivity contribution in [3.05, 3.63) is 0 Å². The molecule has 0 atom stereocenters. The van der Waals surface area contributed by atoms with Gasteiger partial charge in [0.25, 0.3) is 0 Å². The first-order chi connectivity index (χ1) is 5.43. The summed E-state index contributed by atoms with van der Waals surface area (Å²) in [6, 6.07) is 0. The van der Waals surface area contributed by atoms with Gasteiger partial charge in [-0.25, -0.2) is 0 Å². The Morgan fingerprint density at radius 2 is 1.83 bits per heavy atom. The number of aliphatic hydroxyl groups excluding tert-OH is 1. The smallest absolute Gasteiger partial charge is 0.0555 e. The lowest BCUT2D eigenvalue weighted by molar-refractivity contribution is 0.278. The minimum absolute atomic E-state index is 0. The number of hydrogen-bond acceptors (Lipinski definition) is 2. The molecule has 2 nitrogen and oxygen atoms in total. The van der Waals surface area contributed by atoms with Gasteiger partial charge in [0.2, 0.25) is 0 Å². The standard InChI is InChI=1S/C9H19NO.ClH/c11-7-6-10-8-9-4-2-1-3-5-9;/h9-11H,1-8H2;1H. The predicted octanol–water partition coefficient (Wildman–Crippen LogP) is 1.57. The molecular weight excluding hydrogens is 174 g/mol. The quantitative estimate of drug-likeness (QED) is 0.665. The highest BCUT2D eigenvalue weighted by molar-refractivity contribution is 5.85. The van der Waals surface area contributed by atoms with E-state index < -0.39 is 0 Å². The van der Waals surface area contributed by atoms with Gasteiger partial charge in [-0.2, -0.15) is 0 Å². The highest BCUT2D eigenvalue weighted by atomic mass is 35.5. The van der Waals surface area contributed by atoms with Gasteiger partial charge in [0.05, 0.1) is 6.61 Å². The first kappa shape index (κ1) is 12.2. The topological polar surface area (TPSA) is 32.3 Å². The number of nitrogens with one attached hydrogen (secondary N) is 1. The van der Waals surface area contributed by atoms with Crippen molar-refractivity contribution in [3.8, 4) is 0 Å². The second-order valence-electron chi connectivity index (χ2n) is 3.43. The minimum Gasteiger partial charge on any atom is -0.395 e. The van der Waals surface area contributed by atoms with Crippen LogP contribution in [0.1, 0.15) is 32.1 Å². The van der Waals surface area contributed by atoms with Crippen LogP contribution in [0.2, 0.25) is 0 Å². The van der Waals surface area contributed by atoms with Crippen molar-refractivity contribution >= 4 is 12.4 Å². The molecule has 1 fully saturated rings. The molecule has 0 saturated heterocycles. The lowest BCUT2D eigenvalue weighted by atomic mass is 9.89. The summed E-state index contributed by atoms with van der Waals surface area (Å²) in [5.74, 6) is 0.885. The molecule has 0 aromatic carbocycles. The van der Waals surface area contributed by atoms with E-state index in [1.54, 1.807) is 0 Å². The van der Waals surface area contributed by atoms with E-state index in [0.29, 0.717) is 0 Å². The fraction of sp³-hybridized carbons (Fsp3) is 1.00. The van der Waals surface area contributed by atoms with E-state index in [0.717, 1.165) is 19.0 Å². The van der Waals surface area contributed by atoms with E-state index in [1.165, 1.54) is 32.1 Å². The van der Waals surface area contributed by atoms with Crippen LogP contribution in [0.3, 0.4) is 0 Å². The molecular formula is C9H20ClNO. The summed E-state index contributed by atoms with van der Waals surface area (Å²) in [5, 5.41) is 11.8. The Balaban J connectivity index is 0.00000121. The zero-order valence-corrected chi connectivity index (χ0v) is 8.41. The summed E-state index contributed by atoms with van der Waals surface area (Å²) in [4.78, 5) is 0. The van der Waals surface area contributed by atoms with Gasteiger partial charge >= 0.3 is 0 Å². The van der Waals surface area contributed by atoms with Gasteiger partial charge in [-0.3, -0.25) is 0 Å². The molecule has 0 unspecified atom stereocenters. The second-order valence-corrected chi connectivity index (χ2v) is 3.43. The van der Waals surface area contributed by atoms with Crippen molar-refractivity contribution in [2.75, 3.05) is 19.7 Å². The minimum atomic E-state index is 0. The highest BCUT2D eigenvalue weighted by Gasteiger charge is 2.11. The van der Waals surface area contributed by atoms with Crippen molar-refractivity contribution in [2.24, 2.45) is 5.92 Å². The van der Waals surface area contributed by atoms with Crippen molar-refractivity contribution < 1.29 is 5.11 Å². The summed E-state index contributed by atoms with van der Waals surface area (Å²) >= 11 is 0. The molecule has 1 rings (SSSR count). The molecule has 74 valence electrons. The predicted molar refractivity (Wildman–Crippen MR) is 53.8 cm³/mol. The van der Waals surface area contributed by atoms with Crippen LogP contribution in [0, 0.1) is 5.92 Å². The van der Waals surface area contributed by atoms with Crippen LogP contribution in [-0.4, -0.2) is 24.8 Å². The lowest BCUT2D eigenvalue weighted by Crippen LogP contribution is -2.26. The van der Waals surface area contributed by atoms with Crippen LogP contribution in [-0.2, 0) is 0 Å². The first-order valence-electron chi connectivity index (χ1n) is 4.75. The summed E-state index contributed by atoms with van der Waals surface area (Å²) in [6.07, 6.45) is 7.02. The second kappa shape index (κ2) is 7.84. The third kappa shape index (κ3) is 4.96. The van der Waals surface area contributed by atoms with Gasteiger partial charge in [-0.05, 0) is 25.3 Å². The molecule has 0 radical (unpaired) electrons. The van der Waals surface area contributed by atoms with Gasteiger partial charge in [0.15, 0.2) is 0 Å². The van der Waals surface area contributed by atoms with Crippen LogP contribution >= 0.6 is 12.4 Å². The van der Waals surface area contributed by atoms with Crippen molar-refractivity contribution in [3.63, 3.8) is 0 Å². The largest absolute Gasteiger partial charge is 0.395 e. The third-order valence-electron chi connectivity index (χ3n) is 2.45. The number of rotatable bonds is 4. The monoisotopic (exact) mass is 193 g/mol. The fourth-order valence-electron chi connectivity index (χ4n) is 1.78. The Bertz CT molecular complexity index is 94.5. The molecule has 1 aliphatic carbocycles. The Hall–Kier alpha value is 0.210. The maximum Gasteiger partial charge on any atom is 0.0555 e. The Morgan fingerprint density at radius 1 is 1.17 bits per heavy atom. The average molecular weight is 194 g/mol. The number of aliphatic hydroxyl groups is 1. The summed E-state index contributed by atoms with van der Waals surface area (Å²) in [7, 11) is 0. The van der Waals surface area contributed by atoms with Gasteiger partial charge in [-0.15, -0.1) is 12.4 Å². The molecule has 0 heterocycles. The molecule has 0 aliphatic heterocycles. The van der Waals surface area contributed by atoms with Crippen LogP contribution in [0.25, 0.3) is 0 Å². The Morgan fingerprint density at radius 3 is 2.42 bits per heavy atom. The van der Waals surface area contributed by atoms with E-state index in [2.05, 4.69) is 5.32 Å². The highest BCUT2D eigenvalue weighted by Crippen LogP contribution is 2.22. The summed E-state index contributed by atoms with van der Waals surface area (Å²) in [5.41, 5.74) is 0. The third-order valence-corrected chi connectivity index (χ3v) is 2.45. The van der Waals surface area contributed by atoms with Crippen LogP contribution < -0.4 is 5.32 Å². The van der Waals surface area contributed by atoms with Crippen molar-refractivity contribution in [2.45, 2.75) is 32.1 Å².